The van der Waals surface area contributed by atoms with Gasteiger partial charge < -0.3 is 19.7 Å². The number of anilines is 1. The Hall–Kier alpha value is -2.00. The molecule has 32 heavy (non-hydrogen) atoms. The van der Waals surface area contributed by atoms with Crippen LogP contribution in [-0.4, -0.2) is 70.9 Å². The Morgan fingerprint density at radius 1 is 1.19 bits per heavy atom. The lowest BCUT2D eigenvalue weighted by molar-refractivity contribution is -0.121. The minimum Gasteiger partial charge on any atom is -0.486 e. The molecule has 0 unspecified atom stereocenters. The summed E-state index contributed by atoms with van der Waals surface area (Å²) >= 11 is 0. The van der Waals surface area contributed by atoms with Gasteiger partial charge in [-0.25, -0.2) is 8.42 Å². The van der Waals surface area contributed by atoms with Gasteiger partial charge >= 0.3 is 0 Å². The first-order chi connectivity index (χ1) is 15.4. The number of nitrogens with one attached hydrogen (secondary N) is 1. The van der Waals surface area contributed by atoms with Crippen molar-refractivity contribution in [2.45, 2.75) is 57.9 Å². The summed E-state index contributed by atoms with van der Waals surface area (Å²) in [6.45, 7) is 6.23. The molecule has 1 N–H and O–H groups in total. The minimum atomic E-state index is -3.48. The van der Waals surface area contributed by atoms with Crippen LogP contribution in [0.15, 0.2) is 18.2 Å². The van der Waals surface area contributed by atoms with Crippen LogP contribution in [0.2, 0.25) is 0 Å². The van der Waals surface area contributed by atoms with Gasteiger partial charge in [-0.3, -0.25) is 9.10 Å². The van der Waals surface area contributed by atoms with E-state index in [0.717, 1.165) is 19.5 Å². The van der Waals surface area contributed by atoms with Crippen LogP contribution < -0.4 is 19.1 Å². The second-order valence-electron chi connectivity index (χ2n) is 8.56. The van der Waals surface area contributed by atoms with Crippen LogP contribution in [0.3, 0.4) is 0 Å². The quantitative estimate of drug-likeness (QED) is 0.504. The fraction of sp³-hybridized carbons (Fsp3) is 0.696. The molecule has 0 aromatic heterocycles. The molecule has 1 amide bonds. The molecule has 1 saturated heterocycles. The van der Waals surface area contributed by atoms with Gasteiger partial charge in [0.25, 0.3) is 0 Å². The maximum Gasteiger partial charge on any atom is 0.232 e. The minimum absolute atomic E-state index is 0.0358. The first-order valence-corrected chi connectivity index (χ1v) is 13.6. The molecule has 8 nitrogen and oxygen atoms in total. The first-order valence-electron chi connectivity index (χ1n) is 11.8. The summed E-state index contributed by atoms with van der Waals surface area (Å²) in [7, 11) is -3.48. The fourth-order valence-corrected chi connectivity index (χ4v) is 5.43. The number of hydrogen-bond donors (Lipinski definition) is 1. The molecule has 1 fully saturated rings. The second kappa shape index (κ2) is 11.7. The van der Waals surface area contributed by atoms with Crippen LogP contribution in [-0.2, 0) is 14.8 Å². The number of rotatable bonds is 11. The Bertz CT molecular complexity index is 861. The number of benzene rings is 1. The molecule has 0 spiro atoms. The highest BCUT2D eigenvalue weighted by molar-refractivity contribution is 7.92. The van der Waals surface area contributed by atoms with Crippen LogP contribution in [0.4, 0.5) is 5.69 Å². The van der Waals surface area contributed by atoms with Crippen molar-refractivity contribution in [1.82, 2.24) is 10.2 Å². The monoisotopic (exact) mass is 467 g/mol. The Labute approximate surface area is 192 Å². The first kappa shape index (κ1) is 24.6. The van der Waals surface area contributed by atoms with E-state index in [4.69, 9.17) is 9.47 Å². The van der Waals surface area contributed by atoms with Crippen molar-refractivity contribution < 1.29 is 22.7 Å². The van der Waals surface area contributed by atoms with Gasteiger partial charge in [-0.15, -0.1) is 0 Å². The molecule has 2 aliphatic rings. The molecule has 0 saturated carbocycles. The zero-order valence-corrected chi connectivity index (χ0v) is 20.2. The van der Waals surface area contributed by atoms with Crippen LogP contribution >= 0.6 is 0 Å². The maximum atomic E-state index is 12.3. The van der Waals surface area contributed by atoms with E-state index in [1.54, 1.807) is 18.2 Å². The molecule has 180 valence electrons. The van der Waals surface area contributed by atoms with E-state index in [-0.39, 0.29) is 18.9 Å². The van der Waals surface area contributed by atoms with Crippen molar-refractivity contribution in [3.63, 3.8) is 0 Å². The van der Waals surface area contributed by atoms with E-state index in [1.807, 2.05) is 0 Å². The number of ether oxygens (including phenoxy) is 2. The van der Waals surface area contributed by atoms with Crippen LogP contribution in [0, 0.1) is 0 Å². The topological polar surface area (TPSA) is 88.2 Å². The zero-order chi connectivity index (χ0) is 23.0. The van der Waals surface area contributed by atoms with Crippen LogP contribution in [0.5, 0.6) is 11.5 Å². The average molecular weight is 468 g/mol. The number of piperidine rings is 1. The van der Waals surface area contributed by atoms with Gasteiger partial charge in [0.1, 0.15) is 13.2 Å². The summed E-state index contributed by atoms with van der Waals surface area (Å²) in [6.07, 6.45) is 7.90. The summed E-state index contributed by atoms with van der Waals surface area (Å²) in [5, 5.41) is 2.98. The summed E-state index contributed by atoms with van der Waals surface area (Å²) in [6, 6.07) is 5.79. The van der Waals surface area contributed by atoms with E-state index in [0.29, 0.717) is 49.4 Å². The highest BCUT2D eigenvalue weighted by Crippen LogP contribution is 2.34. The largest absolute Gasteiger partial charge is 0.486 e. The Kier molecular flexibility index (Phi) is 9.04. The zero-order valence-electron chi connectivity index (χ0n) is 19.3. The number of carbonyl (C=O) groups is 1. The summed E-state index contributed by atoms with van der Waals surface area (Å²) in [4.78, 5) is 14.8. The molecule has 0 aliphatic carbocycles. The fourth-order valence-electron chi connectivity index (χ4n) is 4.47. The third kappa shape index (κ3) is 7.00. The highest BCUT2D eigenvalue weighted by atomic mass is 32.2. The van der Waals surface area contributed by atoms with Gasteiger partial charge in [0, 0.05) is 38.2 Å². The smallest absolute Gasteiger partial charge is 0.232 e. The lowest BCUT2D eigenvalue weighted by Gasteiger charge is -2.35. The maximum absolute atomic E-state index is 12.3. The normalized spacial score (nSPS) is 18.9. The van der Waals surface area contributed by atoms with Gasteiger partial charge in [-0.1, -0.05) is 13.3 Å². The molecule has 0 radical (unpaired) electrons. The standard InChI is InChI=1S/C23H37N3O5S/c1-3-19-8-4-5-13-25(19)14-7-12-24-23(27)9-6-15-26(32(2,28)29)20-10-11-21-22(18-20)31-17-16-30-21/h10-11,18-19H,3-9,12-17H2,1-2H3,(H,24,27)/t19-/m0/s1. The number of likely N-dealkylation sites (tertiary alicyclic amines) is 1. The third-order valence-corrected chi connectivity index (χ3v) is 7.34. The van der Waals surface area contributed by atoms with E-state index < -0.39 is 10.0 Å². The van der Waals surface area contributed by atoms with Crippen molar-refractivity contribution in [2.24, 2.45) is 0 Å². The average Bonchev–Trinajstić information content (AvgIpc) is 2.78. The Morgan fingerprint density at radius 3 is 2.72 bits per heavy atom. The van der Waals surface area contributed by atoms with Crippen LogP contribution in [0.25, 0.3) is 0 Å². The lowest BCUT2D eigenvalue weighted by Crippen LogP contribution is -2.40. The summed E-state index contributed by atoms with van der Waals surface area (Å²) in [5.41, 5.74) is 0.518. The van der Waals surface area contributed by atoms with Gasteiger partial charge in [-0.05, 0) is 50.8 Å². The molecular formula is C23H37N3O5S. The van der Waals surface area contributed by atoms with Crippen molar-refractivity contribution in [3.05, 3.63) is 18.2 Å². The van der Waals surface area contributed by atoms with Gasteiger partial charge in [-0.2, -0.15) is 0 Å². The van der Waals surface area contributed by atoms with Crippen molar-refractivity contribution in [3.8, 4) is 11.5 Å². The molecule has 9 heteroatoms. The Balaban J connectivity index is 1.42. The number of fused-ring (bicyclic) bond motifs is 1. The molecular weight excluding hydrogens is 430 g/mol. The van der Waals surface area contributed by atoms with Crippen molar-refractivity contribution in [2.75, 3.05) is 50.0 Å². The van der Waals surface area contributed by atoms with E-state index in [1.165, 1.54) is 36.2 Å². The summed E-state index contributed by atoms with van der Waals surface area (Å²) in [5.74, 6) is 1.12. The number of amides is 1. The molecule has 1 atom stereocenters. The molecule has 2 heterocycles. The molecule has 1 aromatic carbocycles. The predicted molar refractivity (Wildman–Crippen MR) is 126 cm³/mol. The van der Waals surface area contributed by atoms with Gasteiger partial charge in [0.05, 0.1) is 11.9 Å². The molecule has 2 aliphatic heterocycles. The van der Waals surface area contributed by atoms with Crippen molar-refractivity contribution in [1.29, 1.82) is 0 Å². The lowest BCUT2D eigenvalue weighted by atomic mass is 10.00. The van der Waals surface area contributed by atoms with Gasteiger partial charge in [0.15, 0.2) is 11.5 Å². The number of carbonyl (C=O) groups excluding carboxylic acids is 1. The van der Waals surface area contributed by atoms with Gasteiger partial charge in [0.2, 0.25) is 15.9 Å². The highest BCUT2D eigenvalue weighted by Gasteiger charge is 2.22. The van der Waals surface area contributed by atoms with E-state index in [9.17, 15) is 13.2 Å². The summed E-state index contributed by atoms with van der Waals surface area (Å²) < 4.78 is 37.1. The Morgan fingerprint density at radius 2 is 1.97 bits per heavy atom. The number of sulfonamides is 1. The molecule has 1 aromatic rings. The number of hydrogen-bond acceptors (Lipinski definition) is 6. The number of nitrogens with zero attached hydrogens (tertiary/aromatic N) is 2. The second-order valence-corrected chi connectivity index (χ2v) is 10.5. The molecule has 0 bridgehead atoms. The van der Waals surface area contributed by atoms with E-state index >= 15 is 0 Å². The molecule has 3 rings (SSSR count). The SMILES string of the molecule is CC[C@H]1CCCCN1CCCNC(=O)CCCN(c1ccc2c(c1)OCCO2)S(C)(=O)=O. The van der Waals surface area contributed by atoms with Crippen LogP contribution in [0.1, 0.15) is 51.9 Å². The third-order valence-electron chi connectivity index (χ3n) is 6.14. The van der Waals surface area contributed by atoms with Crippen molar-refractivity contribution >= 4 is 21.6 Å². The predicted octanol–water partition coefficient (Wildman–Crippen LogP) is 2.77. The van der Waals surface area contributed by atoms with E-state index in [2.05, 4.69) is 17.1 Å².